The summed E-state index contributed by atoms with van der Waals surface area (Å²) in [6.07, 6.45) is -4.89. The Kier molecular flexibility index (Phi) is 4.45. The molecule has 0 aliphatic carbocycles. The van der Waals surface area contributed by atoms with Crippen molar-refractivity contribution in [2.24, 2.45) is 0 Å². The van der Waals surface area contributed by atoms with Gasteiger partial charge in [-0.2, -0.15) is 0 Å². The standard InChI is InChI=1S/C10H18O7/c1-10(9(15)16)3-5(12)2-7(17-10)8(14)6(13)4-11/h5-8,11-14H,2-4H2,1H3,(H,15,16). The summed E-state index contributed by atoms with van der Waals surface area (Å²) in [6, 6.07) is 0. The molecular formula is C10H18O7. The number of carboxylic acid groups (broad SMARTS) is 1. The van der Waals surface area contributed by atoms with Gasteiger partial charge in [0, 0.05) is 12.8 Å². The van der Waals surface area contributed by atoms with Crippen LogP contribution in [0.3, 0.4) is 0 Å². The Labute approximate surface area is 98.3 Å². The molecule has 0 saturated carbocycles. The zero-order chi connectivity index (χ0) is 13.2. The summed E-state index contributed by atoms with van der Waals surface area (Å²) in [4.78, 5) is 11.0. The van der Waals surface area contributed by atoms with Gasteiger partial charge in [0.2, 0.25) is 0 Å². The zero-order valence-electron chi connectivity index (χ0n) is 9.48. The number of aliphatic carboxylic acids is 1. The van der Waals surface area contributed by atoms with Crippen molar-refractivity contribution >= 4 is 5.97 Å². The van der Waals surface area contributed by atoms with Crippen LogP contribution in [0.1, 0.15) is 19.8 Å². The van der Waals surface area contributed by atoms with E-state index in [2.05, 4.69) is 0 Å². The van der Waals surface area contributed by atoms with Crippen LogP contribution in [-0.4, -0.2) is 68.1 Å². The van der Waals surface area contributed by atoms with Crippen LogP contribution >= 0.6 is 0 Å². The van der Waals surface area contributed by atoms with Gasteiger partial charge in [-0.1, -0.05) is 0 Å². The van der Waals surface area contributed by atoms with Crippen molar-refractivity contribution in [2.75, 3.05) is 6.61 Å². The van der Waals surface area contributed by atoms with Gasteiger partial charge < -0.3 is 30.3 Å². The molecule has 5 unspecified atom stereocenters. The number of aliphatic hydroxyl groups is 4. The topological polar surface area (TPSA) is 127 Å². The van der Waals surface area contributed by atoms with Crippen LogP contribution in [0.2, 0.25) is 0 Å². The predicted molar refractivity (Wildman–Crippen MR) is 55.3 cm³/mol. The summed E-state index contributed by atoms with van der Waals surface area (Å²) in [7, 11) is 0. The monoisotopic (exact) mass is 250 g/mol. The van der Waals surface area contributed by atoms with E-state index >= 15 is 0 Å². The van der Waals surface area contributed by atoms with E-state index < -0.39 is 42.6 Å². The lowest BCUT2D eigenvalue weighted by atomic mass is 9.88. The fraction of sp³-hybridized carbons (Fsp3) is 0.900. The SMILES string of the molecule is CC1(C(=O)O)CC(O)CC(C(O)C(O)CO)O1. The molecule has 0 aromatic heterocycles. The summed E-state index contributed by atoms with van der Waals surface area (Å²) in [5, 5.41) is 46.1. The predicted octanol–water partition coefficient (Wildman–Crippen LogP) is -1.92. The summed E-state index contributed by atoms with van der Waals surface area (Å²) < 4.78 is 5.21. The Morgan fingerprint density at radius 2 is 2.12 bits per heavy atom. The van der Waals surface area contributed by atoms with Crippen molar-refractivity contribution in [2.45, 2.75) is 49.8 Å². The molecule has 0 bridgehead atoms. The minimum absolute atomic E-state index is 0.0150. The molecule has 100 valence electrons. The molecule has 17 heavy (non-hydrogen) atoms. The molecule has 7 heteroatoms. The Bertz CT molecular complexity index is 282. The third-order valence-electron chi connectivity index (χ3n) is 2.96. The number of rotatable bonds is 4. The highest BCUT2D eigenvalue weighted by molar-refractivity contribution is 5.77. The Balaban J connectivity index is 2.78. The zero-order valence-corrected chi connectivity index (χ0v) is 9.48. The number of hydrogen-bond donors (Lipinski definition) is 5. The van der Waals surface area contributed by atoms with E-state index in [0.29, 0.717) is 0 Å². The van der Waals surface area contributed by atoms with Crippen LogP contribution in [0.5, 0.6) is 0 Å². The van der Waals surface area contributed by atoms with Crippen LogP contribution in [0.4, 0.5) is 0 Å². The molecule has 0 radical (unpaired) electrons. The number of hydrogen-bond acceptors (Lipinski definition) is 6. The van der Waals surface area contributed by atoms with Gasteiger partial charge in [-0.05, 0) is 6.92 Å². The third-order valence-corrected chi connectivity index (χ3v) is 2.96. The average molecular weight is 250 g/mol. The van der Waals surface area contributed by atoms with Crippen molar-refractivity contribution < 1.29 is 35.1 Å². The van der Waals surface area contributed by atoms with Crippen molar-refractivity contribution in [3.05, 3.63) is 0 Å². The molecule has 0 aromatic carbocycles. The fourth-order valence-corrected chi connectivity index (χ4v) is 1.93. The van der Waals surface area contributed by atoms with Crippen LogP contribution in [-0.2, 0) is 9.53 Å². The van der Waals surface area contributed by atoms with E-state index in [1.165, 1.54) is 6.92 Å². The van der Waals surface area contributed by atoms with Crippen LogP contribution in [0.15, 0.2) is 0 Å². The quantitative estimate of drug-likeness (QED) is 0.393. The average Bonchev–Trinajstić information content (AvgIpc) is 2.25. The first-order chi connectivity index (χ1) is 7.80. The van der Waals surface area contributed by atoms with E-state index in [1.54, 1.807) is 0 Å². The molecule has 1 aliphatic heterocycles. The Hall–Kier alpha value is -0.730. The number of carboxylic acids is 1. The second-order valence-electron chi connectivity index (χ2n) is 4.53. The van der Waals surface area contributed by atoms with E-state index in [0.717, 1.165) is 0 Å². The minimum Gasteiger partial charge on any atom is -0.479 e. The molecule has 5 N–H and O–H groups in total. The highest BCUT2D eigenvalue weighted by Crippen LogP contribution is 2.31. The van der Waals surface area contributed by atoms with E-state index in [9.17, 15) is 20.1 Å². The van der Waals surface area contributed by atoms with E-state index in [-0.39, 0.29) is 12.8 Å². The maximum absolute atomic E-state index is 11.0. The molecule has 0 spiro atoms. The number of carbonyl (C=O) groups is 1. The lowest BCUT2D eigenvalue weighted by molar-refractivity contribution is -0.215. The van der Waals surface area contributed by atoms with Gasteiger partial charge in [0.05, 0.1) is 18.8 Å². The summed E-state index contributed by atoms with van der Waals surface area (Å²) >= 11 is 0. The first kappa shape index (κ1) is 14.3. The van der Waals surface area contributed by atoms with E-state index in [4.69, 9.17) is 14.9 Å². The van der Waals surface area contributed by atoms with Crippen LogP contribution in [0.25, 0.3) is 0 Å². The second-order valence-corrected chi connectivity index (χ2v) is 4.53. The van der Waals surface area contributed by atoms with Gasteiger partial charge in [0.15, 0.2) is 5.60 Å². The van der Waals surface area contributed by atoms with Crippen LogP contribution in [0, 0.1) is 0 Å². The summed E-state index contributed by atoms with van der Waals surface area (Å²) in [5.74, 6) is -1.24. The lowest BCUT2D eigenvalue weighted by Crippen LogP contribution is -2.55. The number of ether oxygens (including phenoxy) is 1. The Morgan fingerprint density at radius 1 is 1.53 bits per heavy atom. The van der Waals surface area contributed by atoms with E-state index in [1.807, 2.05) is 0 Å². The molecule has 1 heterocycles. The summed E-state index contributed by atoms with van der Waals surface area (Å²) in [6.45, 7) is 0.629. The molecule has 1 fully saturated rings. The second kappa shape index (κ2) is 5.28. The molecule has 1 rings (SSSR count). The normalized spacial score (nSPS) is 37.5. The van der Waals surface area contributed by atoms with Crippen molar-refractivity contribution in [3.8, 4) is 0 Å². The molecule has 5 atom stereocenters. The Morgan fingerprint density at radius 3 is 2.59 bits per heavy atom. The van der Waals surface area contributed by atoms with Crippen LogP contribution < -0.4 is 0 Å². The molecule has 1 aliphatic rings. The van der Waals surface area contributed by atoms with Gasteiger partial charge >= 0.3 is 5.97 Å². The van der Waals surface area contributed by atoms with Crippen molar-refractivity contribution in [1.82, 2.24) is 0 Å². The maximum Gasteiger partial charge on any atom is 0.335 e. The molecule has 0 amide bonds. The maximum atomic E-state index is 11.0. The highest BCUT2D eigenvalue weighted by Gasteiger charge is 2.46. The fourth-order valence-electron chi connectivity index (χ4n) is 1.93. The molecule has 1 saturated heterocycles. The van der Waals surface area contributed by atoms with Gasteiger partial charge in [-0.3, -0.25) is 0 Å². The molecular weight excluding hydrogens is 232 g/mol. The van der Waals surface area contributed by atoms with Gasteiger partial charge in [0.1, 0.15) is 12.2 Å². The summed E-state index contributed by atoms with van der Waals surface area (Å²) in [5.41, 5.74) is -1.60. The molecule has 7 nitrogen and oxygen atoms in total. The molecule has 0 aromatic rings. The highest BCUT2D eigenvalue weighted by atomic mass is 16.6. The number of aliphatic hydroxyl groups excluding tert-OH is 4. The van der Waals surface area contributed by atoms with Gasteiger partial charge in [-0.25, -0.2) is 4.79 Å². The lowest BCUT2D eigenvalue weighted by Gasteiger charge is -2.40. The van der Waals surface area contributed by atoms with Crippen molar-refractivity contribution in [3.63, 3.8) is 0 Å². The first-order valence-electron chi connectivity index (χ1n) is 5.36. The smallest absolute Gasteiger partial charge is 0.335 e. The largest absolute Gasteiger partial charge is 0.479 e. The minimum atomic E-state index is -1.60. The first-order valence-corrected chi connectivity index (χ1v) is 5.36. The third kappa shape index (κ3) is 3.14. The van der Waals surface area contributed by atoms with Crippen molar-refractivity contribution in [1.29, 1.82) is 0 Å². The van der Waals surface area contributed by atoms with Gasteiger partial charge in [-0.15, -0.1) is 0 Å². The van der Waals surface area contributed by atoms with Gasteiger partial charge in [0.25, 0.3) is 0 Å².